The third kappa shape index (κ3) is 7.93. The molecule has 0 atom stereocenters. The SMILES string of the molecule is NC(=O)C(CCO)(CCO)Oc1ccc(CCCCN=C(N)NC(=O)c2nc(Cl)c(N)nc2N)cc1. The lowest BCUT2D eigenvalue weighted by molar-refractivity contribution is -0.136. The van der Waals surface area contributed by atoms with E-state index in [-0.39, 0.29) is 54.5 Å². The zero-order chi connectivity index (χ0) is 26.7. The van der Waals surface area contributed by atoms with Crippen molar-refractivity contribution in [3.8, 4) is 5.75 Å². The molecule has 0 fully saturated rings. The third-order valence-corrected chi connectivity index (χ3v) is 5.51. The molecule has 0 aliphatic carbocycles. The summed E-state index contributed by atoms with van der Waals surface area (Å²) in [7, 11) is 0. The predicted octanol–water partition coefficient (Wildman–Crippen LogP) is -0.270. The molecule has 0 unspecified atom stereocenters. The number of aliphatic hydroxyl groups is 2. The van der Waals surface area contributed by atoms with Gasteiger partial charge in [0.2, 0.25) is 0 Å². The molecule has 0 spiro atoms. The Hall–Kier alpha value is -3.68. The van der Waals surface area contributed by atoms with E-state index in [1.165, 1.54) is 0 Å². The van der Waals surface area contributed by atoms with E-state index in [2.05, 4.69) is 20.3 Å². The van der Waals surface area contributed by atoms with Crippen molar-refractivity contribution in [3.63, 3.8) is 0 Å². The summed E-state index contributed by atoms with van der Waals surface area (Å²) in [5.41, 5.74) is 21.7. The maximum absolute atomic E-state index is 12.2. The number of aromatic nitrogens is 2. The van der Waals surface area contributed by atoms with Crippen LogP contribution in [0.1, 0.15) is 41.7 Å². The Morgan fingerprint density at radius 3 is 2.25 bits per heavy atom. The number of guanidine groups is 1. The number of carbonyl (C=O) groups excluding carboxylic acids is 2. The molecular weight excluding hydrogens is 492 g/mol. The Morgan fingerprint density at radius 2 is 1.67 bits per heavy atom. The van der Waals surface area contributed by atoms with Crippen molar-refractivity contribution in [3.05, 3.63) is 40.7 Å². The lowest BCUT2D eigenvalue weighted by Crippen LogP contribution is -2.50. The fourth-order valence-corrected chi connectivity index (χ4v) is 3.43. The number of aliphatic imine (C=N–C) groups is 1. The molecule has 2 aromatic rings. The highest BCUT2D eigenvalue weighted by molar-refractivity contribution is 6.31. The van der Waals surface area contributed by atoms with Gasteiger partial charge in [0, 0.05) is 32.6 Å². The van der Waals surface area contributed by atoms with Gasteiger partial charge in [-0.25, -0.2) is 9.97 Å². The molecule has 0 aliphatic heterocycles. The van der Waals surface area contributed by atoms with E-state index in [1.54, 1.807) is 12.1 Å². The smallest absolute Gasteiger partial charge is 0.280 e. The molecule has 0 radical (unpaired) electrons. The number of rotatable bonds is 13. The third-order valence-electron chi connectivity index (χ3n) is 5.23. The number of ether oxygens (including phenoxy) is 1. The monoisotopic (exact) mass is 522 g/mol. The van der Waals surface area contributed by atoms with E-state index >= 15 is 0 Å². The molecule has 36 heavy (non-hydrogen) atoms. The molecule has 2 amide bonds. The summed E-state index contributed by atoms with van der Waals surface area (Å²) in [6, 6.07) is 7.09. The minimum Gasteiger partial charge on any atom is -0.477 e. The van der Waals surface area contributed by atoms with Gasteiger partial charge in [-0.1, -0.05) is 23.7 Å². The number of carbonyl (C=O) groups is 2. The van der Waals surface area contributed by atoms with E-state index in [9.17, 15) is 19.8 Å². The number of aliphatic hydroxyl groups excluding tert-OH is 2. The number of amides is 2. The van der Waals surface area contributed by atoms with E-state index in [0.717, 1.165) is 18.4 Å². The number of unbranched alkanes of at least 4 members (excludes halogenated alkanes) is 1. The fraction of sp³-hybridized carbons (Fsp3) is 0.409. The van der Waals surface area contributed by atoms with E-state index < -0.39 is 17.4 Å². The molecule has 14 heteroatoms. The van der Waals surface area contributed by atoms with Crippen molar-refractivity contribution >= 4 is 41.0 Å². The molecule has 0 saturated heterocycles. The Labute approximate surface area is 212 Å². The van der Waals surface area contributed by atoms with Crippen LogP contribution in [-0.2, 0) is 11.2 Å². The van der Waals surface area contributed by atoms with Gasteiger partial charge in [0.15, 0.2) is 34.0 Å². The lowest BCUT2D eigenvalue weighted by Gasteiger charge is -2.30. The van der Waals surface area contributed by atoms with Crippen LogP contribution >= 0.6 is 11.6 Å². The molecule has 196 valence electrons. The van der Waals surface area contributed by atoms with Gasteiger partial charge in [0.05, 0.1) is 0 Å². The Balaban J connectivity index is 1.83. The molecule has 11 N–H and O–H groups in total. The van der Waals surface area contributed by atoms with Crippen LogP contribution in [0.25, 0.3) is 0 Å². The summed E-state index contributed by atoms with van der Waals surface area (Å²) in [5.74, 6) is -1.42. The maximum Gasteiger partial charge on any atom is 0.280 e. The number of hydrogen-bond acceptors (Lipinski definition) is 10. The molecule has 13 nitrogen and oxygen atoms in total. The first kappa shape index (κ1) is 28.6. The second-order valence-electron chi connectivity index (χ2n) is 7.86. The van der Waals surface area contributed by atoms with Crippen molar-refractivity contribution in [1.82, 2.24) is 15.3 Å². The molecule has 1 heterocycles. The number of hydrogen-bond donors (Lipinski definition) is 7. The van der Waals surface area contributed by atoms with E-state index in [1.807, 2.05) is 12.1 Å². The van der Waals surface area contributed by atoms with Crippen molar-refractivity contribution in [2.75, 3.05) is 31.2 Å². The van der Waals surface area contributed by atoms with Gasteiger partial charge in [-0.15, -0.1) is 0 Å². The average Bonchev–Trinajstić information content (AvgIpc) is 2.82. The Morgan fingerprint density at radius 1 is 1.03 bits per heavy atom. The standard InChI is InChI=1S/C22H31ClN8O5/c23-16-18(25)30-17(24)15(29-16)19(34)31-21(27)28-10-2-1-3-13-4-6-14(7-5-13)36-22(8-11-32,9-12-33)20(26)35/h4-7,32-33H,1-3,8-12H2,(H2,26,35)(H4,24,25,30)(H3,27,28,31,34). The van der Waals surface area contributed by atoms with Crippen molar-refractivity contribution < 1.29 is 24.5 Å². The number of nitrogens with zero attached hydrogens (tertiary/aromatic N) is 3. The van der Waals surface area contributed by atoms with Crippen molar-refractivity contribution in [2.24, 2.45) is 16.5 Å². The zero-order valence-corrected chi connectivity index (χ0v) is 20.4. The van der Waals surface area contributed by atoms with Crippen LogP contribution in [0.2, 0.25) is 5.15 Å². The van der Waals surface area contributed by atoms with Crippen LogP contribution < -0.4 is 33.0 Å². The highest BCUT2D eigenvalue weighted by Crippen LogP contribution is 2.25. The van der Waals surface area contributed by atoms with Crippen LogP contribution in [-0.4, -0.2) is 63.3 Å². The summed E-state index contributed by atoms with van der Waals surface area (Å²) in [5, 5.41) is 20.8. The van der Waals surface area contributed by atoms with Gasteiger partial charge in [-0.05, 0) is 37.0 Å². The summed E-state index contributed by atoms with van der Waals surface area (Å²) in [6.45, 7) is -0.244. The van der Waals surface area contributed by atoms with E-state index in [4.69, 9.17) is 39.3 Å². The number of benzene rings is 1. The Bertz CT molecular complexity index is 1070. The molecule has 0 bridgehead atoms. The van der Waals surface area contributed by atoms with Crippen molar-refractivity contribution in [2.45, 2.75) is 37.7 Å². The first-order valence-corrected chi connectivity index (χ1v) is 11.5. The second kappa shape index (κ2) is 13.4. The molecule has 0 saturated carbocycles. The number of halogens is 1. The molecule has 1 aromatic heterocycles. The van der Waals surface area contributed by atoms with Crippen LogP contribution in [0.4, 0.5) is 11.6 Å². The zero-order valence-electron chi connectivity index (χ0n) is 19.6. The minimum absolute atomic E-state index is 0.0245. The van der Waals surface area contributed by atoms with Crippen molar-refractivity contribution in [1.29, 1.82) is 0 Å². The normalized spacial score (nSPS) is 11.8. The van der Waals surface area contributed by atoms with Gasteiger partial charge < -0.3 is 37.9 Å². The minimum atomic E-state index is -1.48. The Kier molecular flexibility index (Phi) is 10.6. The van der Waals surface area contributed by atoms with E-state index in [0.29, 0.717) is 18.7 Å². The van der Waals surface area contributed by atoms with Crippen LogP contribution in [0.15, 0.2) is 29.3 Å². The topological polar surface area (TPSA) is 238 Å². The van der Waals surface area contributed by atoms with Gasteiger partial charge in [0.1, 0.15) is 5.75 Å². The van der Waals surface area contributed by atoms with Crippen LogP contribution in [0.5, 0.6) is 5.75 Å². The number of nitrogens with one attached hydrogen (secondary N) is 1. The maximum atomic E-state index is 12.2. The largest absolute Gasteiger partial charge is 0.477 e. The molecular formula is C22H31ClN8O5. The van der Waals surface area contributed by atoms with Gasteiger partial charge in [-0.2, -0.15) is 0 Å². The summed E-state index contributed by atoms with van der Waals surface area (Å²) in [6.07, 6.45) is 2.18. The number of aryl methyl sites for hydroxylation is 1. The number of nitrogens with two attached hydrogens (primary N) is 4. The fourth-order valence-electron chi connectivity index (χ4n) is 3.30. The molecule has 1 aromatic carbocycles. The second-order valence-corrected chi connectivity index (χ2v) is 8.22. The first-order valence-electron chi connectivity index (χ1n) is 11.1. The predicted molar refractivity (Wildman–Crippen MR) is 135 cm³/mol. The highest BCUT2D eigenvalue weighted by atomic mass is 35.5. The van der Waals surface area contributed by atoms with Crippen LogP contribution in [0.3, 0.4) is 0 Å². The molecule has 2 rings (SSSR count). The summed E-state index contributed by atoms with van der Waals surface area (Å²) < 4.78 is 5.76. The number of anilines is 2. The molecule has 0 aliphatic rings. The number of primary amides is 1. The van der Waals surface area contributed by atoms with Gasteiger partial charge in [0.25, 0.3) is 11.8 Å². The van der Waals surface area contributed by atoms with Crippen LogP contribution in [0, 0.1) is 0 Å². The van der Waals surface area contributed by atoms with Gasteiger partial charge >= 0.3 is 0 Å². The quantitative estimate of drug-likeness (QED) is 0.103. The summed E-state index contributed by atoms with van der Waals surface area (Å²) >= 11 is 5.77. The lowest BCUT2D eigenvalue weighted by atomic mass is 9.95. The number of nitrogen functional groups attached to an aromatic ring is 2. The van der Waals surface area contributed by atoms with Gasteiger partial charge in [-0.3, -0.25) is 19.9 Å². The first-order chi connectivity index (χ1) is 17.1. The summed E-state index contributed by atoms with van der Waals surface area (Å²) in [4.78, 5) is 35.8. The highest BCUT2D eigenvalue weighted by Gasteiger charge is 2.38. The average molecular weight is 523 g/mol.